The van der Waals surface area contributed by atoms with Crippen molar-refractivity contribution < 1.29 is 14.3 Å². The van der Waals surface area contributed by atoms with Crippen LogP contribution in [0.4, 0.5) is 0 Å². The molecule has 0 bridgehead atoms. The van der Waals surface area contributed by atoms with Gasteiger partial charge in [-0.15, -0.1) is 0 Å². The average molecular weight is 220 g/mol. The van der Waals surface area contributed by atoms with Crippen molar-refractivity contribution >= 4 is 11.8 Å². The van der Waals surface area contributed by atoms with Crippen molar-refractivity contribution in [1.29, 1.82) is 0 Å². The lowest BCUT2D eigenvalue weighted by Crippen LogP contribution is -2.09. The summed E-state index contributed by atoms with van der Waals surface area (Å²) in [7, 11) is 1.29. The zero-order valence-corrected chi connectivity index (χ0v) is 9.44. The zero-order valence-electron chi connectivity index (χ0n) is 9.44. The Labute approximate surface area is 95.4 Å². The molecule has 0 aliphatic rings. The predicted molar refractivity (Wildman–Crippen MR) is 61.0 cm³/mol. The Kier molecular flexibility index (Phi) is 5.26. The van der Waals surface area contributed by atoms with Crippen LogP contribution >= 0.6 is 0 Å². The van der Waals surface area contributed by atoms with E-state index in [-0.39, 0.29) is 12.2 Å². The van der Waals surface area contributed by atoms with Gasteiger partial charge in [0, 0.05) is 6.42 Å². The molecule has 0 N–H and O–H groups in total. The summed E-state index contributed by atoms with van der Waals surface area (Å²) in [5.74, 6) is -0.507. The summed E-state index contributed by atoms with van der Waals surface area (Å²) in [6.07, 6.45) is 1.98. The van der Waals surface area contributed by atoms with E-state index >= 15 is 0 Å². The lowest BCUT2D eigenvalue weighted by molar-refractivity contribution is -0.143. The molecule has 0 saturated carbocycles. The molecule has 1 aromatic carbocycles. The van der Waals surface area contributed by atoms with Gasteiger partial charge in [-0.25, -0.2) is 0 Å². The first-order valence-corrected chi connectivity index (χ1v) is 5.35. The van der Waals surface area contributed by atoms with Gasteiger partial charge in [-0.2, -0.15) is 0 Å². The van der Waals surface area contributed by atoms with Crippen molar-refractivity contribution in [3.05, 3.63) is 35.9 Å². The minimum absolute atomic E-state index is 0.0530. The molecule has 0 aromatic heterocycles. The SMILES string of the molecule is COC(=O)CC(=O)CCCc1ccccc1. The number of esters is 1. The second-order valence-electron chi connectivity index (χ2n) is 3.63. The second kappa shape index (κ2) is 6.77. The van der Waals surface area contributed by atoms with E-state index in [1.165, 1.54) is 12.7 Å². The fourth-order valence-electron chi connectivity index (χ4n) is 1.46. The number of aryl methyl sites for hydroxylation is 1. The monoisotopic (exact) mass is 220 g/mol. The fraction of sp³-hybridized carbons (Fsp3) is 0.385. The van der Waals surface area contributed by atoms with Crippen LogP contribution in [0.15, 0.2) is 30.3 Å². The lowest BCUT2D eigenvalue weighted by Gasteiger charge is -2.01. The van der Waals surface area contributed by atoms with Gasteiger partial charge in [0.05, 0.1) is 7.11 Å². The molecule has 86 valence electrons. The van der Waals surface area contributed by atoms with E-state index in [0.29, 0.717) is 6.42 Å². The number of Topliss-reactive ketones (excluding diaryl/α,β-unsaturated/α-hetero) is 1. The van der Waals surface area contributed by atoms with E-state index < -0.39 is 5.97 Å². The van der Waals surface area contributed by atoms with Crippen molar-refractivity contribution in [2.24, 2.45) is 0 Å². The molecule has 1 aromatic rings. The van der Waals surface area contributed by atoms with Gasteiger partial charge in [0.25, 0.3) is 0 Å². The van der Waals surface area contributed by atoms with E-state index in [0.717, 1.165) is 12.8 Å². The van der Waals surface area contributed by atoms with Gasteiger partial charge in [-0.05, 0) is 18.4 Å². The third kappa shape index (κ3) is 4.73. The normalized spacial score (nSPS) is 9.81. The third-order valence-electron chi connectivity index (χ3n) is 2.33. The first kappa shape index (κ1) is 12.4. The number of methoxy groups -OCH3 is 1. The number of carbonyl (C=O) groups excluding carboxylic acids is 2. The Balaban J connectivity index is 2.21. The molecule has 0 heterocycles. The molecular weight excluding hydrogens is 204 g/mol. The van der Waals surface area contributed by atoms with Gasteiger partial charge in [-0.1, -0.05) is 30.3 Å². The summed E-state index contributed by atoms with van der Waals surface area (Å²) >= 11 is 0. The van der Waals surface area contributed by atoms with Crippen LogP contribution in [0.5, 0.6) is 0 Å². The second-order valence-corrected chi connectivity index (χ2v) is 3.63. The summed E-state index contributed by atoms with van der Waals surface area (Å²) in [6.45, 7) is 0. The quantitative estimate of drug-likeness (QED) is 0.545. The van der Waals surface area contributed by atoms with Crippen molar-refractivity contribution in [2.75, 3.05) is 7.11 Å². The maximum Gasteiger partial charge on any atom is 0.313 e. The Morgan fingerprint density at radius 1 is 1.19 bits per heavy atom. The van der Waals surface area contributed by atoms with Gasteiger partial charge in [-0.3, -0.25) is 9.59 Å². The number of carbonyl (C=O) groups is 2. The zero-order chi connectivity index (χ0) is 11.8. The van der Waals surface area contributed by atoms with Gasteiger partial charge in [0.1, 0.15) is 12.2 Å². The Bertz CT molecular complexity index is 343. The summed E-state index contributed by atoms with van der Waals surface area (Å²) in [5, 5.41) is 0. The van der Waals surface area contributed by atoms with Crippen molar-refractivity contribution in [3.63, 3.8) is 0 Å². The van der Waals surface area contributed by atoms with Crippen LogP contribution in [0.3, 0.4) is 0 Å². The van der Waals surface area contributed by atoms with Crippen LogP contribution in [-0.2, 0) is 20.7 Å². The smallest absolute Gasteiger partial charge is 0.313 e. The minimum atomic E-state index is -0.454. The van der Waals surface area contributed by atoms with Crippen LogP contribution in [0.2, 0.25) is 0 Å². The molecule has 0 atom stereocenters. The summed E-state index contributed by atoms with van der Waals surface area (Å²) in [5.41, 5.74) is 1.22. The predicted octanol–water partition coefficient (Wildman–Crippen LogP) is 2.14. The van der Waals surface area contributed by atoms with E-state index in [9.17, 15) is 9.59 Å². The topological polar surface area (TPSA) is 43.4 Å². The first-order valence-electron chi connectivity index (χ1n) is 5.35. The summed E-state index contributed by atoms with van der Waals surface area (Å²) in [4.78, 5) is 22.1. The largest absolute Gasteiger partial charge is 0.469 e. The van der Waals surface area contributed by atoms with Gasteiger partial charge < -0.3 is 4.74 Å². The highest BCUT2D eigenvalue weighted by molar-refractivity contribution is 5.95. The molecule has 0 aliphatic carbocycles. The Morgan fingerprint density at radius 2 is 1.88 bits per heavy atom. The maximum atomic E-state index is 11.3. The van der Waals surface area contributed by atoms with Crippen LogP contribution in [0.25, 0.3) is 0 Å². The van der Waals surface area contributed by atoms with Gasteiger partial charge >= 0.3 is 5.97 Å². The van der Waals surface area contributed by atoms with E-state index in [4.69, 9.17) is 0 Å². The van der Waals surface area contributed by atoms with E-state index in [2.05, 4.69) is 4.74 Å². The number of rotatable bonds is 6. The first-order chi connectivity index (χ1) is 7.72. The van der Waals surface area contributed by atoms with E-state index in [1.807, 2.05) is 30.3 Å². The highest BCUT2D eigenvalue weighted by Gasteiger charge is 2.08. The number of ketones is 1. The molecule has 16 heavy (non-hydrogen) atoms. The molecule has 3 nitrogen and oxygen atoms in total. The molecule has 0 unspecified atom stereocenters. The number of hydrogen-bond donors (Lipinski definition) is 0. The van der Waals surface area contributed by atoms with Crippen molar-refractivity contribution in [1.82, 2.24) is 0 Å². The lowest BCUT2D eigenvalue weighted by atomic mass is 10.1. The molecular formula is C13H16O3. The van der Waals surface area contributed by atoms with Crippen LogP contribution < -0.4 is 0 Å². The van der Waals surface area contributed by atoms with Crippen LogP contribution in [-0.4, -0.2) is 18.9 Å². The molecule has 0 radical (unpaired) electrons. The number of benzene rings is 1. The molecule has 0 fully saturated rings. The molecule has 3 heteroatoms. The van der Waals surface area contributed by atoms with Gasteiger partial charge in [0.2, 0.25) is 0 Å². The minimum Gasteiger partial charge on any atom is -0.469 e. The average Bonchev–Trinajstić information content (AvgIpc) is 2.30. The molecule has 1 rings (SSSR count). The van der Waals surface area contributed by atoms with Gasteiger partial charge in [0.15, 0.2) is 0 Å². The standard InChI is InChI=1S/C13H16O3/c1-16-13(15)10-12(14)9-5-8-11-6-3-2-4-7-11/h2-4,6-7H,5,8-10H2,1H3. The molecule has 0 spiro atoms. The Hall–Kier alpha value is -1.64. The van der Waals surface area contributed by atoms with Crippen molar-refractivity contribution in [3.8, 4) is 0 Å². The third-order valence-corrected chi connectivity index (χ3v) is 2.33. The summed E-state index contributed by atoms with van der Waals surface area (Å²) in [6, 6.07) is 9.98. The van der Waals surface area contributed by atoms with E-state index in [1.54, 1.807) is 0 Å². The fourth-order valence-corrected chi connectivity index (χ4v) is 1.46. The Morgan fingerprint density at radius 3 is 2.50 bits per heavy atom. The highest BCUT2D eigenvalue weighted by atomic mass is 16.5. The molecule has 0 aliphatic heterocycles. The molecule has 0 amide bonds. The number of hydrogen-bond acceptors (Lipinski definition) is 3. The maximum absolute atomic E-state index is 11.3. The number of ether oxygens (including phenoxy) is 1. The van der Waals surface area contributed by atoms with Crippen LogP contribution in [0, 0.1) is 0 Å². The molecule has 0 saturated heterocycles. The van der Waals surface area contributed by atoms with Crippen LogP contribution in [0.1, 0.15) is 24.8 Å². The summed E-state index contributed by atoms with van der Waals surface area (Å²) < 4.78 is 4.43. The highest BCUT2D eigenvalue weighted by Crippen LogP contribution is 2.05. The van der Waals surface area contributed by atoms with Crippen molar-refractivity contribution in [2.45, 2.75) is 25.7 Å².